The van der Waals surface area contributed by atoms with Gasteiger partial charge in [0, 0.05) is 44.3 Å². The summed E-state index contributed by atoms with van der Waals surface area (Å²) in [5.74, 6) is 0.800. The molecule has 4 rings (SSSR count). The highest BCUT2D eigenvalue weighted by Crippen LogP contribution is 2.29. The van der Waals surface area contributed by atoms with Crippen LogP contribution in [-0.2, 0) is 17.7 Å². The van der Waals surface area contributed by atoms with Crippen molar-refractivity contribution < 1.29 is 18.7 Å². The van der Waals surface area contributed by atoms with E-state index >= 15 is 0 Å². The molecule has 0 unspecified atom stereocenters. The molecule has 192 valence electrons. The average molecular weight is 490 g/mol. The van der Waals surface area contributed by atoms with Gasteiger partial charge in [-0.3, -0.25) is 9.80 Å². The number of alkyl halides is 1. The molecule has 1 amide bonds. The number of carbonyl (C=O) groups excluding carboxylic acids is 1. The summed E-state index contributed by atoms with van der Waals surface area (Å²) in [6.45, 7) is 16.8. The fourth-order valence-corrected chi connectivity index (χ4v) is 4.89. The zero-order chi connectivity index (χ0) is 25.2. The Morgan fingerprint density at radius 3 is 2.74 bits per heavy atom. The Morgan fingerprint density at radius 1 is 1.26 bits per heavy atom. The molecular weight excluding hydrogens is 453 g/mol. The van der Waals surface area contributed by atoms with Gasteiger partial charge in [-0.15, -0.1) is 0 Å². The maximum absolute atomic E-state index is 13.8. The quantitative estimate of drug-likeness (QED) is 0.628. The third-order valence-electron chi connectivity index (χ3n) is 6.65. The SMILES string of the molecule is [C-]#[N+]C[C@H]1CN(c2nc(OC[C@@H]3C[C@@H](F)CN3C)nc3c2CCNC3)CCN1C(=O)OC(C)(C)C. The van der Waals surface area contributed by atoms with Crippen LogP contribution in [0.2, 0.25) is 0 Å². The molecule has 0 bridgehead atoms. The molecule has 1 aromatic heterocycles. The summed E-state index contributed by atoms with van der Waals surface area (Å²) in [7, 11) is 1.90. The molecule has 2 fully saturated rings. The van der Waals surface area contributed by atoms with Gasteiger partial charge in [-0.1, -0.05) is 0 Å². The van der Waals surface area contributed by atoms with Crippen LogP contribution < -0.4 is 15.0 Å². The van der Waals surface area contributed by atoms with Crippen LogP contribution in [0, 0.1) is 6.57 Å². The molecule has 3 aliphatic rings. The topological polar surface area (TPSA) is 87.4 Å². The van der Waals surface area contributed by atoms with E-state index in [0.29, 0.717) is 45.8 Å². The van der Waals surface area contributed by atoms with E-state index in [-0.39, 0.29) is 24.6 Å². The molecule has 35 heavy (non-hydrogen) atoms. The van der Waals surface area contributed by atoms with Crippen LogP contribution >= 0.6 is 0 Å². The van der Waals surface area contributed by atoms with Crippen molar-refractivity contribution in [2.45, 2.75) is 64.0 Å². The normalized spacial score (nSPS) is 25.2. The Morgan fingerprint density at radius 2 is 2.06 bits per heavy atom. The Hall–Kier alpha value is -2.71. The second-order valence-electron chi connectivity index (χ2n) is 10.5. The lowest BCUT2D eigenvalue weighted by molar-refractivity contribution is 0.0155. The minimum atomic E-state index is -0.835. The summed E-state index contributed by atoms with van der Waals surface area (Å²) in [4.78, 5) is 31.6. The molecule has 1 aromatic rings. The van der Waals surface area contributed by atoms with Crippen LogP contribution in [0.3, 0.4) is 0 Å². The first-order valence-electron chi connectivity index (χ1n) is 12.3. The number of anilines is 1. The maximum Gasteiger partial charge on any atom is 0.410 e. The van der Waals surface area contributed by atoms with Gasteiger partial charge in [0.2, 0.25) is 6.54 Å². The molecule has 0 aliphatic carbocycles. The predicted octanol–water partition coefficient (Wildman–Crippen LogP) is 1.89. The lowest BCUT2D eigenvalue weighted by atomic mass is 10.1. The van der Waals surface area contributed by atoms with Gasteiger partial charge in [0.25, 0.3) is 0 Å². The molecule has 4 heterocycles. The van der Waals surface area contributed by atoms with Crippen molar-refractivity contribution in [1.82, 2.24) is 25.1 Å². The largest absolute Gasteiger partial charge is 0.462 e. The lowest BCUT2D eigenvalue weighted by Crippen LogP contribution is -2.57. The number of carbonyl (C=O) groups is 1. The Balaban J connectivity index is 1.53. The lowest BCUT2D eigenvalue weighted by Gasteiger charge is -2.41. The minimum absolute atomic E-state index is 0.00775. The van der Waals surface area contributed by atoms with Crippen LogP contribution in [0.1, 0.15) is 38.4 Å². The summed E-state index contributed by atoms with van der Waals surface area (Å²) in [5, 5.41) is 3.35. The minimum Gasteiger partial charge on any atom is -0.462 e. The third kappa shape index (κ3) is 6.11. The van der Waals surface area contributed by atoms with Gasteiger partial charge < -0.3 is 24.5 Å². The number of likely N-dealkylation sites (N-methyl/N-ethyl adjacent to an activating group) is 1. The van der Waals surface area contributed by atoms with Crippen molar-refractivity contribution in [2.24, 2.45) is 0 Å². The van der Waals surface area contributed by atoms with Crippen molar-refractivity contribution in [1.29, 1.82) is 0 Å². The number of ether oxygens (including phenoxy) is 2. The van der Waals surface area contributed by atoms with Gasteiger partial charge in [-0.25, -0.2) is 15.8 Å². The number of piperazine rings is 1. The summed E-state index contributed by atoms with van der Waals surface area (Å²) < 4.78 is 25.3. The van der Waals surface area contributed by atoms with E-state index in [1.54, 1.807) is 4.90 Å². The molecule has 1 N–H and O–H groups in total. The molecule has 3 atom stereocenters. The first-order valence-corrected chi connectivity index (χ1v) is 12.3. The molecule has 11 heteroatoms. The average Bonchev–Trinajstić information content (AvgIpc) is 3.12. The van der Waals surface area contributed by atoms with E-state index in [0.717, 1.165) is 30.0 Å². The second-order valence-corrected chi connectivity index (χ2v) is 10.5. The van der Waals surface area contributed by atoms with E-state index in [2.05, 4.69) is 20.0 Å². The van der Waals surface area contributed by atoms with E-state index in [1.807, 2.05) is 32.7 Å². The molecule has 3 aliphatic heterocycles. The summed E-state index contributed by atoms with van der Waals surface area (Å²) >= 11 is 0. The van der Waals surface area contributed by atoms with Gasteiger partial charge >= 0.3 is 12.1 Å². The number of hydrogen-bond donors (Lipinski definition) is 1. The zero-order valence-electron chi connectivity index (χ0n) is 21.1. The van der Waals surface area contributed by atoms with Gasteiger partial charge in [0.05, 0.1) is 5.69 Å². The molecule has 2 saturated heterocycles. The highest BCUT2D eigenvalue weighted by atomic mass is 19.1. The maximum atomic E-state index is 13.8. The number of halogens is 1. The van der Waals surface area contributed by atoms with E-state index in [9.17, 15) is 9.18 Å². The monoisotopic (exact) mass is 489 g/mol. The Labute approximate surface area is 206 Å². The highest BCUT2D eigenvalue weighted by Gasteiger charge is 2.37. The molecule has 0 aromatic carbocycles. The van der Waals surface area contributed by atoms with Crippen LogP contribution in [0.5, 0.6) is 6.01 Å². The Kier molecular flexibility index (Phi) is 7.62. The fourth-order valence-electron chi connectivity index (χ4n) is 4.89. The van der Waals surface area contributed by atoms with Gasteiger partial charge in [-0.05, 0) is 47.2 Å². The molecule has 10 nitrogen and oxygen atoms in total. The molecular formula is C24H36FN7O3. The number of aromatic nitrogens is 2. The number of rotatable bonds is 5. The zero-order valence-corrected chi connectivity index (χ0v) is 21.1. The van der Waals surface area contributed by atoms with Crippen molar-refractivity contribution >= 4 is 11.9 Å². The van der Waals surface area contributed by atoms with E-state index in [4.69, 9.17) is 21.0 Å². The number of nitrogens with one attached hydrogen (secondary N) is 1. The molecule has 0 spiro atoms. The van der Waals surface area contributed by atoms with Gasteiger partial charge in [-0.2, -0.15) is 9.97 Å². The number of hydrogen-bond acceptors (Lipinski definition) is 8. The molecule has 0 radical (unpaired) electrons. The van der Waals surface area contributed by atoms with E-state index in [1.165, 1.54) is 0 Å². The van der Waals surface area contributed by atoms with Crippen molar-refractivity contribution in [2.75, 3.05) is 57.8 Å². The summed E-state index contributed by atoms with van der Waals surface area (Å²) in [6.07, 6.45) is 0.00877. The van der Waals surface area contributed by atoms with Crippen LogP contribution in [-0.4, -0.2) is 103 Å². The first kappa shape index (κ1) is 25.4. The van der Waals surface area contributed by atoms with Gasteiger partial charge in [0.15, 0.2) is 0 Å². The van der Waals surface area contributed by atoms with Crippen molar-refractivity contribution in [3.8, 4) is 6.01 Å². The highest BCUT2D eigenvalue weighted by molar-refractivity contribution is 5.69. The molecule has 0 saturated carbocycles. The van der Waals surface area contributed by atoms with Crippen LogP contribution in [0.15, 0.2) is 0 Å². The Bertz CT molecular complexity index is 964. The number of nitrogens with zero attached hydrogens (tertiary/aromatic N) is 6. The number of fused-ring (bicyclic) bond motifs is 1. The second kappa shape index (κ2) is 10.5. The first-order chi connectivity index (χ1) is 16.6. The number of amides is 1. The standard InChI is InChI=1S/C24H36FN7O3/c1-24(2,3)35-23(33)32-9-8-31(14-18(32)11-26-4)21-19-6-7-27-12-20(19)28-22(29-21)34-15-17-10-16(25)13-30(17)5/h16-18,27H,6-15H2,1-3,5H3/t16-,17+,18+/m1/s1. The predicted molar refractivity (Wildman–Crippen MR) is 129 cm³/mol. The van der Waals surface area contributed by atoms with Crippen molar-refractivity contribution in [3.63, 3.8) is 0 Å². The summed E-state index contributed by atoms with van der Waals surface area (Å²) in [5.41, 5.74) is 1.37. The van der Waals surface area contributed by atoms with Gasteiger partial charge in [0.1, 0.15) is 30.2 Å². The fraction of sp³-hybridized carbons (Fsp3) is 0.750. The van der Waals surface area contributed by atoms with Crippen molar-refractivity contribution in [3.05, 3.63) is 22.7 Å². The number of likely N-dealkylation sites (tertiary alicyclic amines) is 1. The third-order valence-corrected chi connectivity index (χ3v) is 6.65. The smallest absolute Gasteiger partial charge is 0.410 e. The summed E-state index contributed by atoms with van der Waals surface area (Å²) in [6, 6.07) is -0.0255. The van der Waals surface area contributed by atoms with E-state index < -0.39 is 17.9 Å². The van der Waals surface area contributed by atoms with Crippen LogP contribution in [0.25, 0.3) is 4.85 Å². The van der Waals surface area contributed by atoms with Crippen LogP contribution in [0.4, 0.5) is 15.0 Å².